The van der Waals surface area contributed by atoms with Gasteiger partial charge in [-0.05, 0) is 108 Å². The van der Waals surface area contributed by atoms with Crippen molar-refractivity contribution in [3.05, 3.63) is 109 Å². The van der Waals surface area contributed by atoms with E-state index in [-0.39, 0.29) is 66.1 Å². The summed E-state index contributed by atoms with van der Waals surface area (Å²) in [4.78, 5) is 79.7. The zero-order valence-electron chi connectivity index (χ0n) is 40.5. The number of esters is 1. The Bertz CT molecular complexity index is 3030. The van der Waals surface area contributed by atoms with E-state index >= 15 is 0 Å². The number of rotatable bonds is 10. The molecule has 19 nitrogen and oxygen atoms in total. The number of piperazine rings is 1. The van der Waals surface area contributed by atoms with Gasteiger partial charge in [0, 0.05) is 85.9 Å². The maximum Gasteiger partial charge on any atom is 0.415 e. The number of nitrogens with one attached hydrogen (secondary N) is 3. The van der Waals surface area contributed by atoms with E-state index in [1.54, 1.807) is 58.9 Å². The summed E-state index contributed by atoms with van der Waals surface area (Å²) in [6, 6.07) is 14.3. The molecule has 6 aliphatic rings. The topological polar surface area (TPSA) is 224 Å². The van der Waals surface area contributed by atoms with Crippen LogP contribution < -0.4 is 31.2 Å². The molecule has 0 unspecified atom stereocenters. The number of aliphatic hydroxyl groups is 1. The van der Waals surface area contributed by atoms with Crippen molar-refractivity contribution in [2.45, 2.75) is 89.3 Å². The Labute approximate surface area is 420 Å². The van der Waals surface area contributed by atoms with Crippen molar-refractivity contribution < 1.29 is 38.5 Å². The summed E-state index contributed by atoms with van der Waals surface area (Å²) < 4.78 is 19.0. The molecule has 0 spiro atoms. The summed E-state index contributed by atoms with van der Waals surface area (Å²) in [6.07, 6.45) is 7.62. The number of halogens is 1. The average Bonchev–Trinajstić information content (AvgIpc) is 3.75. The molecule has 72 heavy (non-hydrogen) atoms. The van der Waals surface area contributed by atoms with Gasteiger partial charge in [0.15, 0.2) is 5.60 Å². The summed E-state index contributed by atoms with van der Waals surface area (Å²) in [5, 5.41) is 24.7. The van der Waals surface area contributed by atoms with Gasteiger partial charge in [0.25, 0.3) is 11.5 Å². The number of nitriles is 1. The Morgan fingerprint density at radius 3 is 2.40 bits per heavy atom. The molecule has 2 aromatic carbocycles. The lowest BCUT2D eigenvalue weighted by atomic mass is 9.86. The number of ether oxygens (including phenoxy) is 3. The number of cyclic esters (lactones) is 1. The van der Waals surface area contributed by atoms with Crippen molar-refractivity contribution in [3.63, 3.8) is 0 Å². The summed E-state index contributed by atoms with van der Waals surface area (Å²) in [5.74, 6) is 0.810. The molecule has 20 heteroatoms. The largest absolute Gasteiger partial charge is 0.490 e. The number of hydrogen-bond donors (Lipinski definition) is 4. The molecule has 7 heterocycles. The van der Waals surface area contributed by atoms with Crippen molar-refractivity contribution >= 4 is 46.4 Å². The van der Waals surface area contributed by atoms with Gasteiger partial charge in [-0.3, -0.25) is 25.2 Å². The monoisotopic (exact) mass is 1000 g/mol. The molecule has 1 atom stereocenters. The lowest BCUT2D eigenvalue weighted by Crippen LogP contribution is -2.54. The number of allylic oxidation sites excluding steroid dienone is 2. The van der Waals surface area contributed by atoms with Gasteiger partial charge in [-0.15, -0.1) is 0 Å². The second-order valence-corrected chi connectivity index (χ2v) is 20.0. The molecule has 10 rings (SSSR count). The standard InChI is InChI=1S/C52H57ClN10O9/c1-4-52(69)39-25-43-46-32(27-63(43)49(66)38(39)29-70-50(52)67)23-36-37(28-59(2)3)44(13-11-41(36)56-46)72-51(68)62-21-19-61(20-22-62)48(65)30-15-17-60(18-16-30)45-14-12-42(57-58-45)47(64)55-33-6-9-34(10-7-33)71-35-8-5-31(26-54)40(53)24-35/h5,8,11-14,23-25,30,33-34,57-58,69H,4,6-7,9-10,15-22,27-29H2,1-3H3,(H,55,64)/t33?,34?,52-/m0/s1. The van der Waals surface area contributed by atoms with Crippen LogP contribution in [-0.4, -0.2) is 124 Å². The quantitative estimate of drug-likeness (QED) is 0.143. The minimum absolute atomic E-state index is 0.000696. The average molecular weight is 1000 g/mol. The fourth-order valence-corrected chi connectivity index (χ4v) is 10.9. The van der Waals surface area contributed by atoms with E-state index in [2.05, 4.69) is 27.1 Å². The second-order valence-electron chi connectivity index (χ2n) is 19.6. The first kappa shape index (κ1) is 48.5. The van der Waals surface area contributed by atoms with Crippen LogP contribution in [0.5, 0.6) is 11.5 Å². The molecule has 3 amide bonds. The number of amides is 3. The van der Waals surface area contributed by atoms with E-state index in [1.165, 1.54) is 0 Å². The third-order valence-electron chi connectivity index (χ3n) is 14.8. The van der Waals surface area contributed by atoms with E-state index < -0.39 is 17.7 Å². The van der Waals surface area contributed by atoms with Crippen molar-refractivity contribution in [3.8, 4) is 29.0 Å². The molecule has 1 saturated carbocycles. The van der Waals surface area contributed by atoms with Crippen LogP contribution in [0.2, 0.25) is 5.02 Å². The second kappa shape index (κ2) is 19.8. The molecule has 5 aliphatic heterocycles. The van der Waals surface area contributed by atoms with Crippen LogP contribution in [0.3, 0.4) is 0 Å². The van der Waals surface area contributed by atoms with Gasteiger partial charge in [0.05, 0.1) is 45.7 Å². The van der Waals surface area contributed by atoms with E-state index in [4.69, 9.17) is 36.1 Å². The molecule has 2 saturated heterocycles. The molecular weight excluding hydrogens is 944 g/mol. The number of fused-ring (bicyclic) bond motifs is 5. The lowest BCUT2D eigenvalue weighted by Gasteiger charge is -2.39. The summed E-state index contributed by atoms with van der Waals surface area (Å²) in [7, 11) is 3.84. The third-order valence-corrected chi connectivity index (χ3v) is 15.1. The molecule has 3 fully saturated rings. The predicted octanol–water partition coefficient (Wildman–Crippen LogP) is 4.36. The van der Waals surface area contributed by atoms with Gasteiger partial charge >= 0.3 is 12.1 Å². The SMILES string of the molecule is CC[C@@]1(O)C(=O)OCc2c1cc1n(c2=O)Cc2cc3c(CN(C)C)c(OC(=O)N4CCN(C(=O)C5CCN(C6=CC=C(C(=O)NC7CCC(Oc8ccc(C#N)c(Cl)c8)CC7)NN6)CC5)CC4)ccc3nc2-1. The summed E-state index contributed by atoms with van der Waals surface area (Å²) >= 11 is 6.17. The number of aromatic nitrogens is 2. The Morgan fingerprint density at radius 2 is 1.72 bits per heavy atom. The minimum Gasteiger partial charge on any atom is -0.490 e. The van der Waals surface area contributed by atoms with E-state index in [0.29, 0.717) is 103 Å². The van der Waals surface area contributed by atoms with E-state index in [1.807, 2.05) is 36.0 Å². The summed E-state index contributed by atoms with van der Waals surface area (Å²) in [6.45, 7) is 4.88. The number of hydrogen-bond acceptors (Lipinski definition) is 15. The van der Waals surface area contributed by atoms with Crippen LogP contribution in [0.1, 0.15) is 79.7 Å². The van der Waals surface area contributed by atoms with Gasteiger partial charge in [-0.2, -0.15) is 5.26 Å². The molecule has 4 aromatic rings. The zero-order valence-corrected chi connectivity index (χ0v) is 41.2. The first-order chi connectivity index (χ1) is 34.7. The number of pyridine rings is 2. The Morgan fingerprint density at radius 1 is 0.972 bits per heavy atom. The highest BCUT2D eigenvalue weighted by Gasteiger charge is 2.45. The molecule has 376 valence electrons. The first-order valence-corrected chi connectivity index (χ1v) is 25.0. The number of benzene rings is 2. The predicted molar refractivity (Wildman–Crippen MR) is 264 cm³/mol. The van der Waals surface area contributed by atoms with Gasteiger partial charge in [0.2, 0.25) is 5.91 Å². The van der Waals surface area contributed by atoms with E-state index in [9.17, 15) is 29.1 Å². The van der Waals surface area contributed by atoms with Crippen LogP contribution in [0.25, 0.3) is 22.3 Å². The maximum absolute atomic E-state index is 13.8. The van der Waals surface area contributed by atoms with Crippen LogP contribution in [-0.2, 0) is 44.4 Å². The third kappa shape index (κ3) is 9.30. The fraction of sp³-hybridized carbons (Fsp3) is 0.442. The Hall–Kier alpha value is -7.14. The minimum atomic E-state index is -1.92. The molecule has 2 aromatic heterocycles. The molecule has 0 radical (unpaired) electrons. The molecular formula is C52H57ClN10O9. The lowest BCUT2D eigenvalue weighted by molar-refractivity contribution is -0.172. The normalized spacial score (nSPS) is 21.8. The van der Waals surface area contributed by atoms with Crippen molar-refractivity contribution in [1.82, 2.24) is 45.3 Å². The summed E-state index contributed by atoms with van der Waals surface area (Å²) in [5.41, 5.74) is 8.54. The molecule has 0 bridgehead atoms. The number of piperidine rings is 1. The van der Waals surface area contributed by atoms with Crippen molar-refractivity contribution in [2.24, 2.45) is 5.92 Å². The van der Waals surface area contributed by atoms with Crippen LogP contribution >= 0.6 is 11.6 Å². The zero-order chi connectivity index (χ0) is 50.4. The van der Waals surface area contributed by atoms with Crippen molar-refractivity contribution in [1.29, 1.82) is 5.26 Å². The van der Waals surface area contributed by atoms with Crippen LogP contribution in [0, 0.1) is 17.2 Å². The van der Waals surface area contributed by atoms with Gasteiger partial charge < -0.3 is 48.8 Å². The van der Waals surface area contributed by atoms with Crippen LogP contribution in [0.4, 0.5) is 4.79 Å². The Balaban J connectivity index is 0.705. The number of carbonyl (C=O) groups excluding carboxylic acids is 4. The van der Waals surface area contributed by atoms with Gasteiger partial charge in [0.1, 0.15) is 35.7 Å². The maximum atomic E-state index is 13.8. The fourth-order valence-electron chi connectivity index (χ4n) is 10.7. The number of likely N-dealkylation sites (tertiary alicyclic amines) is 1. The van der Waals surface area contributed by atoms with Crippen molar-refractivity contribution in [2.75, 3.05) is 53.4 Å². The highest BCUT2D eigenvalue weighted by atomic mass is 35.5. The van der Waals surface area contributed by atoms with Gasteiger partial charge in [-0.1, -0.05) is 18.5 Å². The van der Waals surface area contributed by atoms with Crippen LogP contribution in [0.15, 0.2) is 70.9 Å². The first-order valence-electron chi connectivity index (χ1n) is 24.6. The Kier molecular flexibility index (Phi) is 13.3. The molecule has 4 N–H and O–H groups in total. The van der Waals surface area contributed by atoms with E-state index in [0.717, 1.165) is 48.0 Å². The number of hydrazine groups is 1. The smallest absolute Gasteiger partial charge is 0.415 e. The van der Waals surface area contributed by atoms with Gasteiger partial charge in [-0.25, -0.2) is 14.6 Å². The highest BCUT2D eigenvalue weighted by molar-refractivity contribution is 6.31. The molecule has 1 aliphatic carbocycles. The number of carbonyl (C=O) groups is 4. The highest BCUT2D eigenvalue weighted by Crippen LogP contribution is 2.40. The number of nitrogens with zero attached hydrogens (tertiary/aromatic N) is 7.